The number of amides is 1. The summed E-state index contributed by atoms with van der Waals surface area (Å²) in [5, 5.41) is 0.691. The van der Waals surface area contributed by atoms with Crippen LogP contribution in [0.25, 0.3) is 0 Å². The average molecular weight is 284 g/mol. The number of nitrogens with zero attached hydrogens (tertiary/aromatic N) is 1. The van der Waals surface area contributed by atoms with Gasteiger partial charge in [0, 0.05) is 5.33 Å². The average Bonchev–Trinajstić information content (AvgIpc) is 2.71. The fourth-order valence-corrected chi connectivity index (χ4v) is 2.19. The van der Waals surface area contributed by atoms with Crippen LogP contribution in [0.4, 0.5) is 4.79 Å². The van der Waals surface area contributed by atoms with E-state index < -0.39 is 0 Å². The van der Waals surface area contributed by atoms with Crippen molar-refractivity contribution in [1.29, 1.82) is 0 Å². The van der Waals surface area contributed by atoms with Gasteiger partial charge in [0.2, 0.25) is 0 Å². The summed E-state index contributed by atoms with van der Waals surface area (Å²) in [5.74, 6) is 0. The van der Waals surface area contributed by atoms with Crippen molar-refractivity contribution in [3.05, 3.63) is 35.9 Å². The molecule has 1 aliphatic rings. The Morgan fingerprint density at radius 1 is 1.50 bits per heavy atom. The Kier molecular flexibility index (Phi) is 3.49. The minimum Gasteiger partial charge on any atom is -0.443 e. The number of benzene rings is 1. The normalized spacial score (nSPS) is 22.0. The SMILES string of the molecule is C[C@@H](c1ccccc1)N1C[C@H](CBr)OC1=O. The minimum absolute atomic E-state index is 0.0290. The second kappa shape index (κ2) is 4.87. The Labute approximate surface area is 104 Å². The zero-order valence-electron chi connectivity index (χ0n) is 9.10. The van der Waals surface area contributed by atoms with Gasteiger partial charge in [0.15, 0.2) is 0 Å². The second-order valence-electron chi connectivity index (χ2n) is 3.90. The molecule has 4 heteroatoms. The fraction of sp³-hybridized carbons (Fsp3) is 0.417. The van der Waals surface area contributed by atoms with Crippen molar-refractivity contribution < 1.29 is 9.53 Å². The van der Waals surface area contributed by atoms with E-state index in [0.29, 0.717) is 11.9 Å². The highest BCUT2D eigenvalue weighted by atomic mass is 79.9. The number of ether oxygens (including phenoxy) is 1. The molecule has 0 radical (unpaired) electrons. The molecular weight excluding hydrogens is 270 g/mol. The first-order valence-corrected chi connectivity index (χ1v) is 6.42. The molecule has 1 aliphatic heterocycles. The van der Waals surface area contributed by atoms with Gasteiger partial charge in [-0.15, -0.1) is 0 Å². The van der Waals surface area contributed by atoms with Crippen molar-refractivity contribution in [3.63, 3.8) is 0 Å². The molecule has 0 N–H and O–H groups in total. The van der Waals surface area contributed by atoms with Crippen LogP contribution in [-0.4, -0.2) is 29.0 Å². The third-order valence-electron chi connectivity index (χ3n) is 2.82. The van der Waals surface area contributed by atoms with Crippen LogP contribution in [0.5, 0.6) is 0 Å². The number of hydrogen-bond donors (Lipinski definition) is 0. The van der Waals surface area contributed by atoms with Crippen molar-refractivity contribution in [2.24, 2.45) is 0 Å². The number of halogens is 1. The highest BCUT2D eigenvalue weighted by Gasteiger charge is 2.34. The summed E-state index contributed by atoms with van der Waals surface area (Å²) >= 11 is 3.33. The largest absolute Gasteiger partial charge is 0.443 e. The lowest BCUT2D eigenvalue weighted by Gasteiger charge is -2.22. The molecule has 2 rings (SSSR count). The number of hydrogen-bond acceptors (Lipinski definition) is 2. The molecule has 1 saturated heterocycles. The van der Waals surface area contributed by atoms with E-state index in [-0.39, 0.29) is 18.2 Å². The Morgan fingerprint density at radius 2 is 2.19 bits per heavy atom. The third-order valence-corrected chi connectivity index (χ3v) is 3.55. The zero-order valence-corrected chi connectivity index (χ0v) is 10.7. The van der Waals surface area contributed by atoms with E-state index in [4.69, 9.17) is 4.74 Å². The maximum absolute atomic E-state index is 11.6. The molecule has 16 heavy (non-hydrogen) atoms. The van der Waals surface area contributed by atoms with Gasteiger partial charge in [-0.2, -0.15) is 0 Å². The van der Waals surface area contributed by atoms with Gasteiger partial charge in [0.1, 0.15) is 6.10 Å². The van der Waals surface area contributed by atoms with Crippen molar-refractivity contribution in [3.8, 4) is 0 Å². The highest BCUT2D eigenvalue weighted by Crippen LogP contribution is 2.25. The van der Waals surface area contributed by atoms with Crippen LogP contribution >= 0.6 is 15.9 Å². The molecule has 0 aliphatic carbocycles. The molecule has 0 bridgehead atoms. The van der Waals surface area contributed by atoms with Crippen molar-refractivity contribution in [1.82, 2.24) is 4.90 Å². The molecule has 86 valence electrons. The van der Waals surface area contributed by atoms with E-state index in [9.17, 15) is 4.79 Å². The fourth-order valence-electron chi connectivity index (χ4n) is 1.85. The Bertz CT molecular complexity index is 369. The lowest BCUT2D eigenvalue weighted by Crippen LogP contribution is -2.28. The molecule has 1 fully saturated rings. The Morgan fingerprint density at radius 3 is 2.75 bits per heavy atom. The molecular formula is C12H14BrNO2. The molecule has 0 unspecified atom stereocenters. The number of cyclic esters (lactones) is 1. The van der Waals surface area contributed by atoms with Gasteiger partial charge in [-0.25, -0.2) is 4.79 Å². The standard InChI is InChI=1S/C12H14BrNO2/c1-9(10-5-3-2-4-6-10)14-8-11(7-13)16-12(14)15/h2-6,9,11H,7-8H2,1H3/t9-,11-/m0/s1. The predicted molar refractivity (Wildman–Crippen MR) is 65.6 cm³/mol. The summed E-state index contributed by atoms with van der Waals surface area (Å²) in [6, 6.07) is 10.1. The minimum atomic E-state index is -0.221. The van der Waals surface area contributed by atoms with Crippen molar-refractivity contribution in [2.45, 2.75) is 19.1 Å². The first-order valence-electron chi connectivity index (χ1n) is 5.30. The monoisotopic (exact) mass is 283 g/mol. The first kappa shape index (κ1) is 11.5. The number of alkyl halides is 1. The van der Waals surface area contributed by atoms with Gasteiger partial charge in [0.05, 0.1) is 12.6 Å². The van der Waals surface area contributed by atoms with Gasteiger partial charge in [-0.05, 0) is 12.5 Å². The predicted octanol–water partition coefficient (Wildman–Crippen LogP) is 2.96. The van der Waals surface area contributed by atoms with Crippen LogP contribution < -0.4 is 0 Å². The van der Waals surface area contributed by atoms with E-state index >= 15 is 0 Å². The number of carbonyl (C=O) groups excluding carboxylic acids is 1. The molecule has 0 spiro atoms. The van der Waals surface area contributed by atoms with Gasteiger partial charge in [0.25, 0.3) is 0 Å². The smallest absolute Gasteiger partial charge is 0.410 e. The molecule has 0 aromatic heterocycles. The maximum Gasteiger partial charge on any atom is 0.410 e. The van der Waals surface area contributed by atoms with E-state index in [1.54, 1.807) is 4.90 Å². The maximum atomic E-state index is 11.6. The van der Waals surface area contributed by atoms with Gasteiger partial charge in [-0.1, -0.05) is 46.3 Å². The lowest BCUT2D eigenvalue weighted by atomic mass is 10.1. The van der Waals surface area contributed by atoms with Crippen LogP contribution in [-0.2, 0) is 4.74 Å². The van der Waals surface area contributed by atoms with Gasteiger partial charge < -0.3 is 4.74 Å². The van der Waals surface area contributed by atoms with E-state index in [1.807, 2.05) is 37.3 Å². The van der Waals surface area contributed by atoms with Crippen LogP contribution in [0, 0.1) is 0 Å². The van der Waals surface area contributed by atoms with E-state index in [2.05, 4.69) is 15.9 Å². The van der Waals surface area contributed by atoms with Crippen molar-refractivity contribution in [2.75, 3.05) is 11.9 Å². The molecule has 3 nitrogen and oxygen atoms in total. The quantitative estimate of drug-likeness (QED) is 0.799. The molecule has 1 heterocycles. The highest BCUT2D eigenvalue weighted by molar-refractivity contribution is 9.09. The molecule has 1 aromatic carbocycles. The summed E-state index contributed by atoms with van der Waals surface area (Å²) in [4.78, 5) is 13.4. The van der Waals surface area contributed by atoms with Gasteiger partial charge in [-0.3, -0.25) is 4.90 Å². The number of carbonyl (C=O) groups is 1. The first-order chi connectivity index (χ1) is 7.72. The topological polar surface area (TPSA) is 29.5 Å². The van der Waals surface area contributed by atoms with Crippen molar-refractivity contribution >= 4 is 22.0 Å². The Hall–Kier alpha value is -1.03. The summed E-state index contributed by atoms with van der Waals surface area (Å²) in [7, 11) is 0. The van der Waals surface area contributed by atoms with Crippen LogP contribution in [0.1, 0.15) is 18.5 Å². The zero-order chi connectivity index (χ0) is 11.5. The summed E-state index contributed by atoms with van der Waals surface area (Å²) in [6.07, 6.45) is -0.250. The molecule has 2 atom stereocenters. The summed E-state index contributed by atoms with van der Waals surface area (Å²) in [6.45, 7) is 2.67. The van der Waals surface area contributed by atoms with Crippen LogP contribution in [0.2, 0.25) is 0 Å². The second-order valence-corrected chi connectivity index (χ2v) is 4.55. The number of rotatable bonds is 3. The van der Waals surface area contributed by atoms with Crippen LogP contribution in [0.3, 0.4) is 0 Å². The summed E-state index contributed by atoms with van der Waals surface area (Å²) in [5.41, 5.74) is 1.13. The molecule has 1 aromatic rings. The van der Waals surface area contributed by atoms with E-state index in [0.717, 1.165) is 5.56 Å². The van der Waals surface area contributed by atoms with Gasteiger partial charge >= 0.3 is 6.09 Å². The van der Waals surface area contributed by atoms with Crippen LogP contribution in [0.15, 0.2) is 30.3 Å². The third kappa shape index (κ3) is 2.21. The lowest BCUT2D eigenvalue weighted by molar-refractivity contribution is 0.135. The molecule has 0 saturated carbocycles. The molecule has 1 amide bonds. The summed E-state index contributed by atoms with van der Waals surface area (Å²) < 4.78 is 5.21. The van der Waals surface area contributed by atoms with E-state index in [1.165, 1.54) is 0 Å². The Balaban J connectivity index is 2.11.